The van der Waals surface area contributed by atoms with Crippen molar-refractivity contribution in [2.45, 2.75) is 33.0 Å². The standard InChI is InChI=1S/C19H26N4O2/c1-2-9-23-18(7-8-20-23)19(25)22-12-10-21(11-13-22)14-16-5-3-4-6-17(16)15-24/h3-8,24H,2,9-15H2,1H3. The largest absolute Gasteiger partial charge is 0.392 e. The van der Waals surface area contributed by atoms with E-state index >= 15 is 0 Å². The molecule has 0 radical (unpaired) electrons. The number of nitrogens with zero attached hydrogens (tertiary/aromatic N) is 4. The molecule has 1 aliphatic heterocycles. The van der Waals surface area contributed by atoms with Crippen LogP contribution in [0.15, 0.2) is 36.5 Å². The summed E-state index contributed by atoms with van der Waals surface area (Å²) in [7, 11) is 0. The lowest BCUT2D eigenvalue weighted by molar-refractivity contribution is 0.0615. The Bertz CT molecular complexity index is 705. The van der Waals surface area contributed by atoms with Crippen molar-refractivity contribution < 1.29 is 9.90 Å². The Hall–Kier alpha value is -2.18. The fourth-order valence-corrected chi connectivity index (χ4v) is 3.28. The number of carbonyl (C=O) groups is 1. The van der Waals surface area contributed by atoms with Crippen molar-refractivity contribution in [1.82, 2.24) is 19.6 Å². The summed E-state index contributed by atoms with van der Waals surface area (Å²) in [6.45, 7) is 6.85. The van der Waals surface area contributed by atoms with E-state index in [1.165, 1.54) is 0 Å². The molecule has 2 aromatic rings. The third-order valence-corrected chi connectivity index (χ3v) is 4.71. The zero-order chi connectivity index (χ0) is 17.6. The number of aromatic nitrogens is 2. The molecule has 0 unspecified atom stereocenters. The highest BCUT2D eigenvalue weighted by molar-refractivity contribution is 5.92. The molecule has 0 aliphatic carbocycles. The first-order valence-electron chi connectivity index (χ1n) is 8.94. The van der Waals surface area contributed by atoms with Crippen LogP contribution in [-0.4, -0.2) is 56.8 Å². The van der Waals surface area contributed by atoms with Gasteiger partial charge in [-0.3, -0.25) is 14.4 Å². The Morgan fingerprint density at radius 1 is 1.12 bits per heavy atom. The molecule has 3 rings (SSSR count). The number of aliphatic hydroxyl groups excluding tert-OH is 1. The van der Waals surface area contributed by atoms with E-state index in [1.54, 1.807) is 10.9 Å². The van der Waals surface area contributed by atoms with Gasteiger partial charge in [-0.05, 0) is 23.6 Å². The minimum Gasteiger partial charge on any atom is -0.392 e. The normalized spacial score (nSPS) is 15.5. The van der Waals surface area contributed by atoms with Gasteiger partial charge in [0.15, 0.2) is 0 Å². The van der Waals surface area contributed by atoms with Crippen LogP contribution in [0.3, 0.4) is 0 Å². The second kappa shape index (κ2) is 8.27. The monoisotopic (exact) mass is 342 g/mol. The number of piperazine rings is 1. The van der Waals surface area contributed by atoms with E-state index in [9.17, 15) is 9.90 Å². The minimum absolute atomic E-state index is 0.0655. The van der Waals surface area contributed by atoms with Crippen LogP contribution in [-0.2, 0) is 19.7 Å². The van der Waals surface area contributed by atoms with E-state index in [1.807, 2.05) is 29.2 Å². The summed E-state index contributed by atoms with van der Waals surface area (Å²) in [5, 5.41) is 13.7. The van der Waals surface area contributed by atoms with Gasteiger partial charge in [0.05, 0.1) is 6.61 Å². The maximum atomic E-state index is 12.7. The number of hydrogen-bond acceptors (Lipinski definition) is 4. The lowest BCUT2D eigenvalue weighted by Gasteiger charge is -2.35. The van der Waals surface area contributed by atoms with E-state index in [0.717, 1.165) is 56.8 Å². The summed E-state index contributed by atoms with van der Waals surface area (Å²) in [4.78, 5) is 17.0. The SMILES string of the molecule is CCCn1nccc1C(=O)N1CCN(Cc2ccccc2CO)CC1. The summed E-state index contributed by atoms with van der Waals surface area (Å²) in [6.07, 6.45) is 2.66. The summed E-state index contributed by atoms with van der Waals surface area (Å²) in [5.74, 6) is 0.0707. The molecular weight excluding hydrogens is 316 g/mol. The Kier molecular flexibility index (Phi) is 5.83. The number of amides is 1. The molecule has 134 valence electrons. The van der Waals surface area contributed by atoms with E-state index in [2.05, 4.69) is 23.0 Å². The number of aliphatic hydroxyl groups is 1. The lowest BCUT2D eigenvalue weighted by Crippen LogP contribution is -2.48. The fourth-order valence-electron chi connectivity index (χ4n) is 3.28. The predicted molar refractivity (Wildman–Crippen MR) is 96.1 cm³/mol. The Balaban J connectivity index is 1.58. The quantitative estimate of drug-likeness (QED) is 0.869. The predicted octanol–water partition coefficient (Wildman–Crippen LogP) is 1.74. The second-order valence-corrected chi connectivity index (χ2v) is 6.43. The molecule has 25 heavy (non-hydrogen) atoms. The van der Waals surface area contributed by atoms with Crippen LogP contribution in [0.1, 0.15) is 35.0 Å². The number of hydrogen-bond donors (Lipinski definition) is 1. The molecule has 1 saturated heterocycles. The van der Waals surface area contributed by atoms with Crippen molar-refractivity contribution in [2.75, 3.05) is 26.2 Å². The van der Waals surface area contributed by atoms with Crippen LogP contribution >= 0.6 is 0 Å². The van der Waals surface area contributed by atoms with Crippen LogP contribution in [0.25, 0.3) is 0 Å². The van der Waals surface area contributed by atoms with E-state index < -0.39 is 0 Å². The molecule has 6 nitrogen and oxygen atoms in total. The van der Waals surface area contributed by atoms with Crippen molar-refractivity contribution in [3.63, 3.8) is 0 Å². The van der Waals surface area contributed by atoms with Gasteiger partial charge < -0.3 is 10.0 Å². The molecule has 0 saturated carbocycles. The molecule has 2 heterocycles. The van der Waals surface area contributed by atoms with Crippen molar-refractivity contribution in [3.05, 3.63) is 53.3 Å². The maximum Gasteiger partial charge on any atom is 0.272 e. The number of benzene rings is 1. The van der Waals surface area contributed by atoms with Gasteiger partial charge in [-0.2, -0.15) is 5.10 Å². The van der Waals surface area contributed by atoms with Crippen LogP contribution in [0.4, 0.5) is 0 Å². The Morgan fingerprint density at radius 2 is 1.84 bits per heavy atom. The first-order chi connectivity index (χ1) is 12.2. The van der Waals surface area contributed by atoms with Crippen molar-refractivity contribution in [3.8, 4) is 0 Å². The average Bonchev–Trinajstić information content (AvgIpc) is 3.11. The molecule has 1 aromatic carbocycles. The Labute approximate surface area is 148 Å². The number of rotatable bonds is 6. The van der Waals surface area contributed by atoms with Crippen molar-refractivity contribution in [2.24, 2.45) is 0 Å². The molecular formula is C19H26N4O2. The third kappa shape index (κ3) is 4.08. The molecule has 1 aromatic heterocycles. The molecule has 0 bridgehead atoms. The Morgan fingerprint density at radius 3 is 2.52 bits per heavy atom. The van der Waals surface area contributed by atoms with Gasteiger partial charge in [0.25, 0.3) is 5.91 Å². The maximum absolute atomic E-state index is 12.7. The summed E-state index contributed by atoms with van der Waals surface area (Å²) in [6, 6.07) is 9.78. The molecule has 1 amide bonds. The molecule has 6 heteroatoms. The van der Waals surface area contributed by atoms with Crippen LogP contribution < -0.4 is 0 Å². The highest BCUT2D eigenvalue weighted by Gasteiger charge is 2.24. The molecule has 1 fully saturated rings. The molecule has 1 aliphatic rings. The third-order valence-electron chi connectivity index (χ3n) is 4.71. The average molecular weight is 342 g/mol. The first kappa shape index (κ1) is 17.6. The summed E-state index contributed by atoms with van der Waals surface area (Å²) >= 11 is 0. The smallest absolute Gasteiger partial charge is 0.272 e. The lowest BCUT2D eigenvalue weighted by atomic mass is 10.1. The van der Waals surface area contributed by atoms with Gasteiger partial charge in [0.1, 0.15) is 5.69 Å². The molecule has 0 atom stereocenters. The van der Waals surface area contributed by atoms with Crippen LogP contribution in [0, 0.1) is 0 Å². The van der Waals surface area contributed by atoms with E-state index in [4.69, 9.17) is 0 Å². The van der Waals surface area contributed by atoms with Crippen LogP contribution in [0.5, 0.6) is 0 Å². The van der Waals surface area contributed by atoms with Gasteiger partial charge in [-0.1, -0.05) is 31.2 Å². The molecule has 1 N–H and O–H groups in total. The van der Waals surface area contributed by atoms with E-state index in [-0.39, 0.29) is 12.5 Å². The van der Waals surface area contributed by atoms with Gasteiger partial charge in [-0.25, -0.2) is 0 Å². The number of aryl methyl sites for hydroxylation is 1. The number of carbonyl (C=O) groups excluding carboxylic acids is 1. The topological polar surface area (TPSA) is 61.6 Å². The zero-order valence-corrected chi connectivity index (χ0v) is 14.8. The van der Waals surface area contributed by atoms with E-state index in [0.29, 0.717) is 5.69 Å². The van der Waals surface area contributed by atoms with Crippen LogP contribution in [0.2, 0.25) is 0 Å². The first-order valence-corrected chi connectivity index (χ1v) is 8.94. The minimum atomic E-state index is 0.0655. The summed E-state index contributed by atoms with van der Waals surface area (Å²) in [5.41, 5.74) is 2.82. The summed E-state index contributed by atoms with van der Waals surface area (Å²) < 4.78 is 1.80. The second-order valence-electron chi connectivity index (χ2n) is 6.43. The van der Waals surface area contributed by atoms with Gasteiger partial charge in [0.2, 0.25) is 0 Å². The van der Waals surface area contributed by atoms with Gasteiger partial charge >= 0.3 is 0 Å². The fraction of sp³-hybridized carbons (Fsp3) is 0.474. The highest BCUT2D eigenvalue weighted by atomic mass is 16.3. The van der Waals surface area contributed by atoms with Gasteiger partial charge in [0, 0.05) is 45.5 Å². The van der Waals surface area contributed by atoms with Crippen molar-refractivity contribution in [1.29, 1.82) is 0 Å². The van der Waals surface area contributed by atoms with Crippen molar-refractivity contribution >= 4 is 5.91 Å². The molecule has 0 spiro atoms. The highest BCUT2D eigenvalue weighted by Crippen LogP contribution is 2.15. The van der Waals surface area contributed by atoms with Gasteiger partial charge in [-0.15, -0.1) is 0 Å². The zero-order valence-electron chi connectivity index (χ0n) is 14.8.